The molecule has 0 radical (unpaired) electrons. The zero-order chi connectivity index (χ0) is 17.5. The molecule has 1 fully saturated rings. The van der Waals surface area contributed by atoms with E-state index in [9.17, 15) is 4.79 Å². The van der Waals surface area contributed by atoms with Crippen LogP contribution < -0.4 is 15.4 Å². The summed E-state index contributed by atoms with van der Waals surface area (Å²) < 4.78 is 11.1. The zero-order valence-corrected chi connectivity index (χ0v) is 14.5. The van der Waals surface area contributed by atoms with Gasteiger partial charge in [0.05, 0.1) is 12.2 Å². The van der Waals surface area contributed by atoms with Gasteiger partial charge in [-0.05, 0) is 38.2 Å². The van der Waals surface area contributed by atoms with Crippen molar-refractivity contribution in [1.29, 1.82) is 0 Å². The van der Waals surface area contributed by atoms with Gasteiger partial charge in [-0.25, -0.2) is 9.78 Å². The van der Waals surface area contributed by atoms with Crippen molar-refractivity contribution in [3.05, 3.63) is 41.4 Å². The van der Waals surface area contributed by atoms with E-state index in [1.807, 2.05) is 25.1 Å². The highest BCUT2D eigenvalue weighted by Gasteiger charge is 2.18. The molecule has 0 unspecified atom stereocenters. The fourth-order valence-electron chi connectivity index (χ4n) is 2.84. The third kappa shape index (κ3) is 4.95. The normalized spacial score (nSPS) is 14.4. The van der Waals surface area contributed by atoms with Crippen molar-refractivity contribution in [1.82, 2.24) is 20.8 Å². The molecule has 2 heterocycles. The van der Waals surface area contributed by atoms with Crippen molar-refractivity contribution in [2.45, 2.75) is 58.2 Å². The number of hydrogen-bond donors (Lipinski definition) is 2. The predicted octanol–water partition coefficient (Wildman–Crippen LogP) is 2.95. The Balaban J connectivity index is 1.48. The van der Waals surface area contributed by atoms with E-state index in [0.717, 1.165) is 30.5 Å². The lowest BCUT2D eigenvalue weighted by atomic mass is 10.2. The fraction of sp³-hybridized carbons (Fsp3) is 0.500. The number of aryl methyl sites for hydroxylation is 1. The molecule has 25 heavy (non-hydrogen) atoms. The van der Waals surface area contributed by atoms with Crippen molar-refractivity contribution < 1.29 is 14.1 Å². The second-order valence-electron chi connectivity index (χ2n) is 6.17. The fourth-order valence-corrected chi connectivity index (χ4v) is 2.84. The van der Waals surface area contributed by atoms with Gasteiger partial charge in [0.15, 0.2) is 5.76 Å². The molecule has 0 aliphatic heterocycles. The Morgan fingerprint density at radius 2 is 2.12 bits per heavy atom. The number of urea groups is 1. The summed E-state index contributed by atoms with van der Waals surface area (Å²) in [5, 5.41) is 9.47. The summed E-state index contributed by atoms with van der Waals surface area (Å²) in [6.07, 6.45) is 7.30. The second-order valence-corrected chi connectivity index (χ2v) is 6.17. The van der Waals surface area contributed by atoms with E-state index in [-0.39, 0.29) is 12.1 Å². The van der Waals surface area contributed by atoms with Crippen LogP contribution in [0.15, 0.2) is 28.9 Å². The van der Waals surface area contributed by atoms with E-state index in [1.165, 1.54) is 12.8 Å². The van der Waals surface area contributed by atoms with Crippen molar-refractivity contribution >= 4 is 6.03 Å². The highest BCUT2D eigenvalue weighted by Crippen LogP contribution is 2.24. The Morgan fingerprint density at radius 1 is 1.32 bits per heavy atom. The van der Waals surface area contributed by atoms with Crippen molar-refractivity contribution in [2.24, 2.45) is 0 Å². The zero-order valence-electron chi connectivity index (χ0n) is 14.5. The number of hydrogen-bond acceptors (Lipinski definition) is 5. The van der Waals surface area contributed by atoms with Gasteiger partial charge in [-0.1, -0.05) is 18.1 Å². The lowest BCUT2D eigenvalue weighted by Crippen LogP contribution is -2.34. The maximum absolute atomic E-state index is 12.0. The molecule has 2 aromatic heterocycles. The van der Waals surface area contributed by atoms with Crippen LogP contribution >= 0.6 is 0 Å². The lowest BCUT2D eigenvalue weighted by molar-refractivity contribution is 0.198. The van der Waals surface area contributed by atoms with Crippen LogP contribution in [0.25, 0.3) is 0 Å². The third-order valence-electron chi connectivity index (χ3n) is 4.26. The van der Waals surface area contributed by atoms with Crippen LogP contribution in [0.3, 0.4) is 0 Å². The number of aromatic nitrogens is 2. The van der Waals surface area contributed by atoms with E-state index >= 15 is 0 Å². The van der Waals surface area contributed by atoms with E-state index in [4.69, 9.17) is 9.26 Å². The number of carbonyl (C=O) groups is 1. The monoisotopic (exact) mass is 344 g/mol. The minimum Gasteiger partial charge on any atom is -0.474 e. The number of ether oxygens (including phenoxy) is 1. The van der Waals surface area contributed by atoms with Crippen LogP contribution in [0.2, 0.25) is 0 Å². The molecule has 1 aliphatic rings. The summed E-state index contributed by atoms with van der Waals surface area (Å²) in [7, 11) is 0. The van der Waals surface area contributed by atoms with Crippen LogP contribution in [-0.2, 0) is 19.5 Å². The molecular formula is C18H24N4O3. The number of amides is 2. The standard InChI is InChI=1S/C18H24N4O3/c1-2-14-10-16(25-22-14)12-21-18(23)20-11-13-6-5-9-19-17(13)24-15-7-3-4-8-15/h5-6,9-10,15H,2-4,7-8,11-12H2,1H3,(H2,20,21,23). The first-order valence-electron chi connectivity index (χ1n) is 8.81. The van der Waals surface area contributed by atoms with Gasteiger partial charge >= 0.3 is 6.03 Å². The molecule has 1 saturated carbocycles. The van der Waals surface area contributed by atoms with Crippen LogP contribution in [0.5, 0.6) is 5.88 Å². The molecule has 0 aromatic carbocycles. The Hall–Kier alpha value is -2.57. The molecule has 7 heteroatoms. The van der Waals surface area contributed by atoms with Gasteiger partial charge in [0.25, 0.3) is 0 Å². The molecule has 3 rings (SSSR count). The highest BCUT2D eigenvalue weighted by atomic mass is 16.5. The molecule has 0 atom stereocenters. The first-order chi connectivity index (χ1) is 12.2. The van der Waals surface area contributed by atoms with Crippen LogP contribution in [0.1, 0.15) is 49.6 Å². The Morgan fingerprint density at radius 3 is 2.88 bits per heavy atom. The Bertz CT molecular complexity index is 695. The topological polar surface area (TPSA) is 89.3 Å². The Labute approximate surface area is 147 Å². The van der Waals surface area contributed by atoms with E-state index in [0.29, 0.717) is 24.7 Å². The van der Waals surface area contributed by atoms with Gasteiger partial charge in [-0.3, -0.25) is 0 Å². The first kappa shape index (κ1) is 17.3. The van der Waals surface area contributed by atoms with Gasteiger partial charge in [0, 0.05) is 24.4 Å². The quantitative estimate of drug-likeness (QED) is 0.806. The molecule has 134 valence electrons. The molecule has 1 aliphatic carbocycles. The number of nitrogens with zero attached hydrogens (tertiary/aromatic N) is 2. The number of carbonyl (C=O) groups excluding carboxylic acids is 1. The van der Waals surface area contributed by atoms with Crippen LogP contribution in [-0.4, -0.2) is 22.3 Å². The largest absolute Gasteiger partial charge is 0.474 e. The molecule has 2 aromatic rings. The van der Waals surface area contributed by atoms with Crippen molar-refractivity contribution in [3.63, 3.8) is 0 Å². The Kier molecular flexibility index (Phi) is 5.87. The predicted molar refractivity (Wildman–Crippen MR) is 92.1 cm³/mol. The maximum Gasteiger partial charge on any atom is 0.315 e. The van der Waals surface area contributed by atoms with Gasteiger partial charge in [-0.2, -0.15) is 0 Å². The molecule has 0 saturated heterocycles. The third-order valence-corrected chi connectivity index (χ3v) is 4.26. The van der Waals surface area contributed by atoms with Gasteiger partial charge in [0.2, 0.25) is 5.88 Å². The van der Waals surface area contributed by atoms with Gasteiger partial charge in [-0.15, -0.1) is 0 Å². The summed E-state index contributed by atoms with van der Waals surface area (Å²) in [5.74, 6) is 1.25. The van der Waals surface area contributed by atoms with Crippen LogP contribution in [0.4, 0.5) is 4.79 Å². The lowest BCUT2D eigenvalue weighted by Gasteiger charge is -2.15. The minimum atomic E-state index is -0.273. The summed E-state index contributed by atoms with van der Waals surface area (Å²) in [4.78, 5) is 16.3. The second kappa shape index (κ2) is 8.50. The summed E-state index contributed by atoms with van der Waals surface area (Å²) in [6.45, 7) is 2.66. The first-order valence-corrected chi connectivity index (χ1v) is 8.81. The molecular weight excluding hydrogens is 320 g/mol. The molecule has 0 bridgehead atoms. The smallest absolute Gasteiger partial charge is 0.315 e. The van der Waals surface area contributed by atoms with E-state index in [1.54, 1.807) is 6.20 Å². The maximum atomic E-state index is 12.0. The molecule has 2 N–H and O–H groups in total. The SMILES string of the molecule is CCc1cc(CNC(=O)NCc2cccnc2OC2CCCC2)on1. The average molecular weight is 344 g/mol. The van der Waals surface area contributed by atoms with Gasteiger partial charge in [0.1, 0.15) is 6.10 Å². The van der Waals surface area contributed by atoms with Crippen molar-refractivity contribution in [3.8, 4) is 5.88 Å². The highest BCUT2D eigenvalue weighted by molar-refractivity contribution is 5.73. The number of nitrogens with one attached hydrogen (secondary N) is 2. The van der Waals surface area contributed by atoms with Crippen LogP contribution in [0, 0.1) is 0 Å². The number of pyridine rings is 1. The number of rotatable bonds is 7. The van der Waals surface area contributed by atoms with Crippen molar-refractivity contribution in [2.75, 3.05) is 0 Å². The molecule has 2 amide bonds. The molecule has 7 nitrogen and oxygen atoms in total. The van der Waals surface area contributed by atoms with Gasteiger partial charge < -0.3 is 19.9 Å². The summed E-state index contributed by atoms with van der Waals surface area (Å²) in [6, 6.07) is 5.33. The minimum absolute atomic E-state index is 0.238. The van der Waals surface area contributed by atoms with E-state index < -0.39 is 0 Å². The molecule has 0 spiro atoms. The summed E-state index contributed by atoms with van der Waals surface area (Å²) >= 11 is 0. The average Bonchev–Trinajstić information content (AvgIpc) is 3.30. The summed E-state index contributed by atoms with van der Waals surface area (Å²) in [5.41, 5.74) is 1.75. The van der Waals surface area contributed by atoms with E-state index in [2.05, 4.69) is 20.8 Å².